The fourth-order valence-corrected chi connectivity index (χ4v) is 9.72. The highest BCUT2D eigenvalue weighted by atomic mass is 15.0. The first-order valence-corrected chi connectivity index (χ1v) is 20.9. The number of benzene rings is 8. The summed E-state index contributed by atoms with van der Waals surface area (Å²) in [6.45, 7) is 9.52. The fraction of sp³-hybridized carbons (Fsp3) is 0.105. The van der Waals surface area contributed by atoms with Gasteiger partial charge in [0.05, 0.1) is 0 Å². The number of aromatic nitrogens is 3. The molecule has 0 radical (unpaired) electrons. The van der Waals surface area contributed by atoms with E-state index in [-0.39, 0.29) is 10.8 Å². The van der Waals surface area contributed by atoms with Crippen molar-refractivity contribution >= 4 is 0 Å². The molecule has 0 amide bonds. The van der Waals surface area contributed by atoms with Gasteiger partial charge in [0.1, 0.15) is 0 Å². The average Bonchev–Trinajstić information content (AvgIpc) is 3.68. The zero-order valence-electron chi connectivity index (χ0n) is 34.2. The summed E-state index contributed by atoms with van der Waals surface area (Å²) in [7, 11) is 0. The Morgan fingerprint density at radius 3 is 1.38 bits per heavy atom. The van der Waals surface area contributed by atoms with E-state index in [9.17, 15) is 0 Å². The van der Waals surface area contributed by atoms with Crippen LogP contribution in [0, 0.1) is 0 Å². The molecule has 60 heavy (non-hydrogen) atoms. The highest BCUT2D eigenvalue weighted by Gasteiger charge is 2.42. The van der Waals surface area contributed by atoms with E-state index in [4.69, 9.17) is 15.0 Å². The summed E-state index contributed by atoms with van der Waals surface area (Å²) in [6.07, 6.45) is 0. The molecule has 0 atom stereocenters. The van der Waals surface area contributed by atoms with Gasteiger partial charge >= 0.3 is 0 Å². The van der Waals surface area contributed by atoms with Crippen LogP contribution in [0.3, 0.4) is 0 Å². The van der Waals surface area contributed by atoms with Crippen molar-refractivity contribution in [2.45, 2.75) is 38.5 Å². The molecule has 2 aliphatic rings. The van der Waals surface area contributed by atoms with Crippen LogP contribution < -0.4 is 0 Å². The molecule has 1 aromatic heterocycles. The van der Waals surface area contributed by atoms with E-state index in [1.54, 1.807) is 0 Å². The molecular weight excluding hydrogens is 727 g/mol. The van der Waals surface area contributed by atoms with Gasteiger partial charge < -0.3 is 0 Å². The van der Waals surface area contributed by atoms with Crippen molar-refractivity contribution in [3.8, 4) is 89.8 Å². The van der Waals surface area contributed by atoms with E-state index in [1.165, 1.54) is 61.2 Å². The standard InChI is InChI=1S/C57H43N3/c1-56(2)48-26-12-11-24-45(48)46-34-51-47(35-50(46)56)52-44(25-15-27-49(52)57(51,3)4)42-22-13-20-40(32-42)41-21-14-23-43(33-41)55-59-53(38-18-9-6-10-19-38)58-54(60-55)39-30-28-37(29-31-39)36-16-7-5-8-17-36/h5-35H,1-4H3. The molecule has 0 spiro atoms. The Morgan fingerprint density at radius 1 is 0.267 bits per heavy atom. The van der Waals surface area contributed by atoms with Crippen LogP contribution in [-0.2, 0) is 10.8 Å². The number of nitrogens with zero attached hydrogens (tertiary/aromatic N) is 3. The molecule has 3 heteroatoms. The maximum absolute atomic E-state index is 5.10. The lowest BCUT2D eigenvalue weighted by Crippen LogP contribution is -2.16. The molecule has 3 nitrogen and oxygen atoms in total. The molecule has 0 saturated carbocycles. The van der Waals surface area contributed by atoms with Crippen molar-refractivity contribution in [3.05, 3.63) is 210 Å². The monoisotopic (exact) mass is 769 g/mol. The number of rotatable bonds is 6. The van der Waals surface area contributed by atoms with Crippen LogP contribution in [0.4, 0.5) is 0 Å². The molecule has 1 heterocycles. The molecule has 0 bridgehead atoms. The lowest BCUT2D eigenvalue weighted by Gasteiger charge is -2.24. The third-order valence-corrected chi connectivity index (χ3v) is 12.9. The predicted molar refractivity (Wildman–Crippen MR) is 248 cm³/mol. The van der Waals surface area contributed by atoms with Crippen LogP contribution in [0.25, 0.3) is 89.8 Å². The summed E-state index contributed by atoms with van der Waals surface area (Å²) in [6, 6.07) is 67.5. The molecule has 9 aromatic rings. The minimum absolute atomic E-state index is 0.0676. The van der Waals surface area contributed by atoms with Crippen LogP contribution in [0.1, 0.15) is 49.9 Å². The molecule has 0 N–H and O–H groups in total. The molecular formula is C57H43N3. The maximum Gasteiger partial charge on any atom is 0.164 e. The second-order valence-corrected chi connectivity index (χ2v) is 17.2. The molecule has 2 aliphatic carbocycles. The second-order valence-electron chi connectivity index (χ2n) is 17.2. The lowest BCUT2D eigenvalue weighted by molar-refractivity contribution is 0.652. The van der Waals surface area contributed by atoms with Gasteiger partial charge in [0.2, 0.25) is 0 Å². The zero-order valence-corrected chi connectivity index (χ0v) is 34.2. The van der Waals surface area contributed by atoms with Crippen molar-refractivity contribution in [3.63, 3.8) is 0 Å². The van der Waals surface area contributed by atoms with E-state index >= 15 is 0 Å². The van der Waals surface area contributed by atoms with Gasteiger partial charge in [-0.15, -0.1) is 0 Å². The highest BCUT2D eigenvalue weighted by molar-refractivity contribution is 5.96. The van der Waals surface area contributed by atoms with Crippen molar-refractivity contribution in [1.82, 2.24) is 15.0 Å². The van der Waals surface area contributed by atoms with Crippen LogP contribution in [-0.4, -0.2) is 15.0 Å². The summed E-state index contributed by atoms with van der Waals surface area (Å²) in [5.74, 6) is 1.93. The molecule has 0 aliphatic heterocycles. The van der Waals surface area contributed by atoms with Crippen molar-refractivity contribution in [2.75, 3.05) is 0 Å². The van der Waals surface area contributed by atoms with E-state index in [1.807, 2.05) is 24.3 Å². The van der Waals surface area contributed by atoms with Crippen LogP contribution in [0.5, 0.6) is 0 Å². The smallest absolute Gasteiger partial charge is 0.164 e. The Morgan fingerprint density at radius 2 is 0.683 bits per heavy atom. The normalized spacial score (nSPS) is 13.9. The Hall–Kier alpha value is -7.23. The molecule has 286 valence electrons. The quantitative estimate of drug-likeness (QED) is 0.169. The topological polar surface area (TPSA) is 38.7 Å². The van der Waals surface area contributed by atoms with Gasteiger partial charge in [0, 0.05) is 27.5 Å². The SMILES string of the molecule is CC1(C)c2ccccc2-c2cc3c(cc21)-c1c(-c2cccc(-c4cccc(-c5nc(-c6ccccc6)nc(-c6ccc(-c7ccccc7)cc6)n5)c4)c2)cccc1C3(C)C. The Bertz CT molecular complexity index is 3120. The van der Waals surface area contributed by atoms with Gasteiger partial charge in [0.15, 0.2) is 17.5 Å². The van der Waals surface area contributed by atoms with Gasteiger partial charge in [-0.1, -0.05) is 191 Å². The lowest BCUT2D eigenvalue weighted by atomic mass is 9.79. The predicted octanol–water partition coefficient (Wildman–Crippen LogP) is 14.5. The first-order chi connectivity index (χ1) is 29.2. The highest BCUT2D eigenvalue weighted by Crippen LogP contribution is 2.57. The van der Waals surface area contributed by atoms with Crippen LogP contribution >= 0.6 is 0 Å². The average molecular weight is 770 g/mol. The second kappa shape index (κ2) is 13.7. The van der Waals surface area contributed by atoms with E-state index in [0.29, 0.717) is 17.5 Å². The van der Waals surface area contributed by atoms with Gasteiger partial charge in [-0.25, -0.2) is 15.0 Å². The number of hydrogen-bond donors (Lipinski definition) is 0. The minimum Gasteiger partial charge on any atom is -0.208 e. The number of fused-ring (bicyclic) bond motifs is 6. The van der Waals surface area contributed by atoms with Gasteiger partial charge in [-0.2, -0.15) is 0 Å². The number of hydrogen-bond acceptors (Lipinski definition) is 3. The molecule has 0 fully saturated rings. The van der Waals surface area contributed by atoms with Gasteiger partial charge in [-0.3, -0.25) is 0 Å². The van der Waals surface area contributed by atoms with Gasteiger partial charge in [0.25, 0.3) is 0 Å². The zero-order chi connectivity index (χ0) is 40.6. The summed E-state index contributed by atoms with van der Waals surface area (Å²) < 4.78 is 0. The first-order valence-electron chi connectivity index (χ1n) is 20.9. The van der Waals surface area contributed by atoms with Crippen molar-refractivity contribution in [1.29, 1.82) is 0 Å². The fourth-order valence-electron chi connectivity index (χ4n) is 9.72. The molecule has 0 saturated heterocycles. The summed E-state index contributed by atoms with van der Waals surface area (Å²) in [5.41, 5.74) is 20.7. The van der Waals surface area contributed by atoms with Crippen LogP contribution in [0.2, 0.25) is 0 Å². The largest absolute Gasteiger partial charge is 0.208 e. The van der Waals surface area contributed by atoms with Crippen molar-refractivity contribution < 1.29 is 0 Å². The Labute approximate surface area is 352 Å². The Kier molecular flexibility index (Phi) is 8.18. The van der Waals surface area contributed by atoms with Crippen LogP contribution in [0.15, 0.2) is 188 Å². The first kappa shape index (κ1) is 35.9. The van der Waals surface area contributed by atoms with E-state index in [2.05, 4.69) is 191 Å². The van der Waals surface area contributed by atoms with Gasteiger partial charge in [-0.05, 0) is 102 Å². The van der Waals surface area contributed by atoms with Crippen molar-refractivity contribution in [2.24, 2.45) is 0 Å². The molecule has 0 unspecified atom stereocenters. The molecule has 11 rings (SSSR count). The minimum atomic E-state index is -0.130. The third kappa shape index (κ3) is 5.76. The maximum atomic E-state index is 5.10. The molecule has 8 aromatic carbocycles. The third-order valence-electron chi connectivity index (χ3n) is 12.9. The van der Waals surface area contributed by atoms with E-state index < -0.39 is 0 Å². The van der Waals surface area contributed by atoms with E-state index in [0.717, 1.165) is 33.4 Å². The summed E-state index contributed by atoms with van der Waals surface area (Å²) in [5, 5.41) is 0. The summed E-state index contributed by atoms with van der Waals surface area (Å²) >= 11 is 0. The Balaban J connectivity index is 0.988. The summed E-state index contributed by atoms with van der Waals surface area (Å²) in [4.78, 5) is 15.2.